The molecule has 1 aliphatic rings. The number of amides is 1. The second kappa shape index (κ2) is 9.99. The van der Waals surface area contributed by atoms with Gasteiger partial charge in [0.05, 0.1) is 5.69 Å². The van der Waals surface area contributed by atoms with Crippen molar-refractivity contribution in [3.63, 3.8) is 0 Å². The minimum Gasteiger partial charge on any atom is -0.366 e. The van der Waals surface area contributed by atoms with E-state index in [1.54, 1.807) is 24.5 Å². The zero-order valence-corrected chi connectivity index (χ0v) is 18.5. The summed E-state index contributed by atoms with van der Waals surface area (Å²) in [6.07, 6.45) is 6.55. The summed E-state index contributed by atoms with van der Waals surface area (Å²) in [5, 5.41) is 10.0. The molecule has 8 nitrogen and oxygen atoms in total. The van der Waals surface area contributed by atoms with Gasteiger partial charge in [-0.15, -0.1) is 0 Å². The van der Waals surface area contributed by atoms with Gasteiger partial charge < -0.3 is 21.7 Å². The Balaban J connectivity index is 1.89. The Hall–Kier alpha value is -2.52. The first-order valence-electron chi connectivity index (χ1n) is 10.3. The molecule has 0 radical (unpaired) electrons. The summed E-state index contributed by atoms with van der Waals surface area (Å²) in [5.74, 6) is 0.328. The SMILES string of the molecule is CCc1nc(C(N)=O)c(Nc2cccc(S(C)=O)c2)nc1NC1CCC(NC)CC1. The fraction of sp³-hybridized carbons (Fsp3) is 0.476. The number of rotatable bonds is 8. The summed E-state index contributed by atoms with van der Waals surface area (Å²) in [7, 11) is 0.888. The lowest BCUT2D eigenvalue weighted by Gasteiger charge is -2.29. The minimum absolute atomic E-state index is 0.0966. The number of hydrogen-bond donors (Lipinski definition) is 4. The van der Waals surface area contributed by atoms with Crippen LogP contribution in [0.2, 0.25) is 0 Å². The molecule has 1 saturated carbocycles. The second-order valence-corrected chi connectivity index (χ2v) is 8.90. The topological polar surface area (TPSA) is 122 Å². The average molecular weight is 431 g/mol. The van der Waals surface area contributed by atoms with Crippen molar-refractivity contribution in [1.82, 2.24) is 15.3 Å². The van der Waals surface area contributed by atoms with Gasteiger partial charge in [0.1, 0.15) is 5.82 Å². The van der Waals surface area contributed by atoms with Gasteiger partial charge >= 0.3 is 0 Å². The maximum Gasteiger partial charge on any atom is 0.271 e. The lowest BCUT2D eigenvalue weighted by molar-refractivity contribution is 0.0996. The van der Waals surface area contributed by atoms with Crippen LogP contribution in [0.1, 0.15) is 48.8 Å². The molecule has 1 atom stereocenters. The van der Waals surface area contributed by atoms with Crippen LogP contribution in [0, 0.1) is 0 Å². The molecule has 5 N–H and O–H groups in total. The summed E-state index contributed by atoms with van der Waals surface area (Å²) < 4.78 is 11.8. The van der Waals surface area contributed by atoms with Gasteiger partial charge in [-0.3, -0.25) is 9.00 Å². The van der Waals surface area contributed by atoms with Gasteiger partial charge in [-0.2, -0.15) is 0 Å². The molecule has 2 aromatic rings. The Kier molecular flexibility index (Phi) is 7.38. The number of carbonyl (C=O) groups excluding carboxylic acids is 1. The van der Waals surface area contributed by atoms with E-state index >= 15 is 0 Å². The van der Waals surface area contributed by atoms with E-state index in [-0.39, 0.29) is 5.69 Å². The predicted octanol–water partition coefficient (Wildman–Crippen LogP) is 2.56. The van der Waals surface area contributed by atoms with Crippen LogP contribution in [0.25, 0.3) is 0 Å². The van der Waals surface area contributed by atoms with Crippen molar-refractivity contribution >= 4 is 34.0 Å². The minimum atomic E-state index is -1.11. The lowest BCUT2D eigenvalue weighted by Crippen LogP contribution is -2.35. The normalized spacial score (nSPS) is 19.8. The maximum absolute atomic E-state index is 12.0. The Bertz CT molecular complexity index is 928. The molecular weight excluding hydrogens is 400 g/mol. The van der Waals surface area contributed by atoms with Crippen molar-refractivity contribution in [1.29, 1.82) is 0 Å². The van der Waals surface area contributed by atoms with Gasteiger partial charge in [0.15, 0.2) is 11.5 Å². The summed E-state index contributed by atoms with van der Waals surface area (Å²) in [6.45, 7) is 1.98. The third kappa shape index (κ3) is 5.34. The quantitative estimate of drug-likeness (QED) is 0.508. The fourth-order valence-electron chi connectivity index (χ4n) is 3.70. The largest absolute Gasteiger partial charge is 0.366 e. The highest BCUT2D eigenvalue weighted by Gasteiger charge is 2.23. The molecule has 1 fully saturated rings. The molecule has 0 spiro atoms. The highest BCUT2D eigenvalue weighted by molar-refractivity contribution is 7.84. The Labute approximate surface area is 179 Å². The molecule has 1 aliphatic carbocycles. The Morgan fingerprint density at radius 3 is 2.47 bits per heavy atom. The molecule has 0 saturated heterocycles. The van der Waals surface area contributed by atoms with E-state index in [1.165, 1.54) is 0 Å². The summed E-state index contributed by atoms with van der Waals surface area (Å²) in [6, 6.07) is 8.05. The molecule has 1 aromatic heterocycles. The van der Waals surface area contributed by atoms with Crippen molar-refractivity contribution in [2.24, 2.45) is 5.73 Å². The fourth-order valence-corrected chi connectivity index (χ4v) is 4.26. The molecule has 1 unspecified atom stereocenters. The molecule has 1 heterocycles. The maximum atomic E-state index is 12.0. The van der Waals surface area contributed by atoms with Crippen molar-refractivity contribution < 1.29 is 9.00 Å². The van der Waals surface area contributed by atoms with Crippen molar-refractivity contribution in [3.05, 3.63) is 35.7 Å². The van der Waals surface area contributed by atoms with Crippen molar-refractivity contribution in [3.8, 4) is 0 Å². The van der Waals surface area contributed by atoms with E-state index < -0.39 is 16.7 Å². The smallest absolute Gasteiger partial charge is 0.271 e. The number of aryl methyl sites for hydroxylation is 1. The predicted molar refractivity (Wildman–Crippen MR) is 121 cm³/mol. The van der Waals surface area contributed by atoms with Gasteiger partial charge in [-0.05, 0) is 57.4 Å². The molecule has 1 aromatic carbocycles. The number of nitrogens with one attached hydrogen (secondary N) is 3. The van der Waals surface area contributed by atoms with Crippen LogP contribution in [0.5, 0.6) is 0 Å². The van der Waals surface area contributed by atoms with E-state index in [4.69, 9.17) is 10.7 Å². The van der Waals surface area contributed by atoms with E-state index in [1.807, 2.05) is 20.0 Å². The highest BCUT2D eigenvalue weighted by atomic mass is 32.2. The van der Waals surface area contributed by atoms with Gasteiger partial charge in [-0.25, -0.2) is 9.97 Å². The molecule has 162 valence electrons. The summed E-state index contributed by atoms with van der Waals surface area (Å²) >= 11 is 0. The molecule has 0 bridgehead atoms. The average Bonchev–Trinajstić information content (AvgIpc) is 2.74. The van der Waals surface area contributed by atoms with Gasteiger partial charge in [0.25, 0.3) is 5.91 Å². The van der Waals surface area contributed by atoms with Crippen molar-refractivity contribution in [2.45, 2.75) is 56.0 Å². The summed E-state index contributed by atoms with van der Waals surface area (Å²) in [5.41, 5.74) is 7.06. The number of nitrogens with two attached hydrogens (primary N) is 1. The first-order chi connectivity index (χ1) is 14.4. The van der Waals surface area contributed by atoms with E-state index in [9.17, 15) is 9.00 Å². The summed E-state index contributed by atoms with van der Waals surface area (Å²) in [4.78, 5) is 21.9. The number of anilines is 3. The van der Waals surface area contributed by atoms with Gasteiger partial charge in [-0.1, -0.05) is 13.0 Å². The number of carbonyl (C=O) groups is 1. The number of hydrogen-bond acceptors (Lipinski definition) is 7. The Morgan fingerprint density at radius 2 is 1.87 bits per heavy atom. The molecule has 3 rings (SSSR count). The molecule has 9 heteroatoms. The van der Waals surface area contributed by atoms with Crippen LogP contribution in [0.3, 0.4) is 0 Å². The monoisotopic (exact) mass is 430 g/mol. The third-order valence-corrected chi connectivity index (χ3v) is 6.36. The van der Waals surface area contributed by atoms with E-state index in [0.29, 0.717) is 46.4 Å². The van der Waals surface area contributed by atoms with Crippen LogP contribution >= 0.6 is 0 Å². The number of benzene rings is 1. The molecular formula is C21H30N6O2S. The molecule has 30 heavy (non-hydrogen) atoms. The first kappa shape index (κ1) is 22.2. The third-order valence-electron chi connectivity index (χ3n) is 5.44. The second-order valence-electron chi connectivity index (χ2n) is 7.52. The standard InChI is InChI=1S/C21H30N6O2S/c1-4-17-20(24-14-10-8-13(23-2)9-11-14)27-21(18(26-17)19(22)28)25-15-6-5-7-16(12-15)30(3)29/h5-7,12-14,23H,4,8-11H2,1-3H3,(H2,22,28)(H2,24,25,27). The van der Waals surface area contributed by atoms with Crippen molar-refractivity contribution in [2.75, 3.05) is 23.9 Å². The number of primary amides is 1. The van der Waals surface area contributed by atoms with Crippen LogP contribution in [-0.2, 0) is 17.2 Å². The molecule has 0 aliphatic heterocycles. The number of nitrogens with zero attached hydrogens (tertiary/aromatic N) is 2. The number of aromatic nitrogens is 2. The van der Waals surface area contributed by atoms with Crippen LogP contribution in [0.4, 0.5) is 17.3 Å². The highest BCUT2D eigenvalue weighted by Crippen LogP contribution is 2.27. The van der Waals surface area contributed by atoms with Crippen LogP contribution in [-0.4, -0.2) is 45.5 Å². The molecule has 1 amide bonds. The zero-order chi connectivity index (χ0) is 21.7. The van der Waals surface area contributed by atoms with Gasteiger partial charge in [0.2, 0.25) is 0 Å². The van der Waals surface area contributed by atoms with Crippen LogP contribution < -0.4 is 21.7 Å². The zero-order valence-electron chi connectivity index (χ0n) is 17.7. The van der Waals surface area contributed by atoms with E-state index in [0.717, 1.165) is 25.7 Å². The lowest BCUT2D eigenvalue weighted by atomic mass is 9.91. The van der Waals surface area contributed by atoms with Crippen LogP contribution in [0.15, 0.2) is 29.2 Å². The first-order valence-corrected chi connectivity index (χ1v) is 11.8. The Morgan fingerprint density at radius 1 is 1.17 bits per heavy atom. The van der Waals surface area contributed by atoms with Gasteiger partial charge in [0, 0.05) is 39.7 Å². The van der Waals surface area contributed by atoms with E-state index in [2.05, 4.69) is 20.9 Å².